The van der Waals surface area contributed by atoms with Crippen LogP contribution in [-0.2, 0) is 14.4 Å². The lowest BCUT2D eigenvalue weighted by molar-refractivity contribution is -0.112. The van der Waals surface area contributed by atoms with Crippen LogP contribution in [0.4, 0.5) is 17.1 Å². The number of nitrogens with one attached hydrogen (secondary N) is 1. The molecule has 0 aromatic heterocycles. The van der Waals surface area contributed by atoms with Crippen LogP contribution in [0.5, 0.6) is 0 Å². The second-order valence-electron chi connectivity index (χ2n) is 10.2. The van der Waals surface area contributed by atoms with Gasteiger partial charge in [-0.15, -0.1) is 0 Å². The zero-order chi connectivity index (χ0) is 28.7. The molecule has 4 atom stereocenters. The minimum Gasteiger partial charge on any atom is -0.306 e. The van der Waals surface area contributed by atoms with Crippen molar-refractivity contribution < 1.29 is 14.4 Å². The zero-order valence-electron chi connectivity index (χ0n) is 22.9. The molecule has 41 heavy (non-hydrogen) atoms. The van der Waals surface area contributed by atoms with Crippen LogP contribution in [0.15, 0.2) is 106 Å². The van der Waals surface area contributed by atoms with Crippen molar-refractivity contribution in [2.24, 2.45) is 27.1 Å². The number of likely N-dealkylation sites (tertiary alicyclic amines) is 1. The predicted octanol–water partition coefficient (Wildman–Crippen LogP) is 4.13. The summed E-state index contributed by atoms with van der Waals surface area (Å²) in [7, 11) is 0. The Kier molecular flexibility index (Phi) is 6.66. The Balaban J connectivity index is 1.57. The maximum Gasteiger partial charge on any atom is 0.196 e. The summed E-state index contributed by atoms with van der Waals surface area (Å²) in [6.45, 7) is 4.41. The van der Waals surface area contributed by atoms with E-state index in [1.54, 1.807) is 10.0 Å². The molecule has 10 nitrogen and oxygen atoms in total. The number of para-hydroxylation sites is 3. The van der Waals surface area contributed by atoms with Crippen LogP contribution >= 0.6 is 0 Å². The molecule has 3 aliphatic heterocycles. The number of carbonyl (C=O) groups is 3. The molecule has 4 unspecified atom stereocenters. The molecule has 0 radical (unpaired) electrons. The summed E-state index contributed by atoms with van der Waals surface area (Å²) in [6, 6.07) is 28.3. The highest BCUT2D eigenvalue weighted by molar-refractivity contribution is 6.46. The second-order valence-corrected chi connectivity index (χ2v) is 10.2. The number of fused-ring (bicyclic) bond motifs is 3. The number of hydrogen-bond acceptors (Lipinski definition) is 9. The summed E-state index contributed by atoms with van der Waals surface area (Å²) in [4.78, 5) is 41.4. The van der Waals surface area contributed by atoms with E-state index in [0.29, 0.717) is 17.1 Å². The maximum absolute atomic E-state index is 13.4. The van der Waals surface area contributed by atoms with Crippen molar-refractivity contribution in [1.82, 2.24) is 4.90 Å². The van der Waals surface area contributed by atoms with Gasteiger partial charge in [0.15, 0.2) is 23.2 Å². The van der Waals surface area contributed by atoms with Gasteiger partial charge in [-0.1, -0.05) is 54.6 Å². The van der Waals surface area contributed by atoms with Crippen molar-refractivity contribution in [3.8, 4) is 0 Å². The molecule has 0 amide bonds. The van der Waals surface area contributed by atoms with Gasteiger partial charge in [-0.05, 0) is 36.4 Å². The minimum atomic E-state index is -0.623. The number of ketones is 3. The molecule has 3 heterocycles. The molecule has 1 N–H and O–H groups in total. The van der Waals surface area contributed by atoms with Gasteiger partial charge in [0.1, 0.15) is 23.8 Å². The van der Waals surface area contributed by atoms with Crippen LogP contribution in [0.2, 0.25) is 0 Å². The Hall–Kier alpha value is -5.12. The van der Waals surface area contributed by atoms with E-state index in [9.17, 15) is 14.4 Å². The normalized spacial score (nSPS) is 23.1. The highest BCUT2D eigenvalue weighted by Gasteiger charge is 2.64. The summed E-state index contributed by atoms with van der Waals surface area (Å²) >= 11 is 0. The standard InChI is InChI=1S/C31H29N7O3/c1-19(39)27-25-26-28(20(2)40)35-38(24-17-11-6-12-18-24)31(26)36(30(25)37(34-27)23-15-9-5-10-16-23)29(21(3)41)33-32-22-13-7-4-8-14-22/h4-18,25-26,30-32H,1-3H3/b33-29-. The molecule has 0 aliphatic carbocycles. The van der Waals surface area contributed by atoms with Crippen LogP contribution in [0.3, 0.4) is 0 Å². The first kappa shape index (κ1) is 26.1. The highest BCUT2D eigenvalue weighted by atomic mass is 16.1. The number of Topliss-reactive ketones (excluding diaryl/α,β-unsaturated/α-hetero) is 3. The van der Waals surface area contributed by atoms with Gasteiger partial charge in [-0.25, -0.2) is 10.0 Å². The second kappa shape index (κ2) is 10.5. The molecule has 3 aromatic carbocycles. The first-order valence-electron chi connectivity index (χ1n) is 13.4. The van der Waals surface area contributed by atoms with E-state index in [-0.39, 0.29) is 23.2 Å². The molecular weight excluding hydrogens is 518 g/mol. The average Bonchev–Trinajstić information content (AvgIpc) is 3.64. The number of hydrazone groups is 3. The zero-order valence-corrected chi connectivity index (χ0v) is 22.9. The maximum atomic E-state index is 13.4. The van der Waals surface area contributed by atoms with Crippen molar-refractivity contribution in [2.45, 2.75) is 33.1 Å². The number of rotatable bonds is 7. The van der Waals surface area contributed by atoms with Gasteiger partial charge in [0, 0.05) is 20.8 Å². The van der Waals surface area contributed by atoms with Crippen molar-refractivity contribution in [2.75, 3.05) is 15.4 Å². The Morgan fingerprint density at radius 2 is 1.07 bits per heavy atom. The Labute approximate surface area is 237 Å². The lowest BCUT2D eigenvalue weighted by Gasteiger charge is -2.38. The lowest BCUT2D eigenvalue weighted by Crippen LogP contribution is -2.55. The quantitative estimate of drug-likeness (QED) is 0.269. The van der Waals surface area contributed by atoms with E-state index in [4.69, 9.17) is 10.2 Å². The van der Waals surface area contributed by atoms with Crippen molar-refractivity contribution in [3.05, 3.63) is 91.0 Å². The third-order valence-corrected chi connectivity index (χ3v) is 7.55. The Morgan fingerprint density at radius 1 is 0.659 bits per heavy atom. The van der Waals surface area contributed by atoms with Crippen molar-refractivity contribution in [1.29, 1.82) is 0 Å². The van der Waals surface area contributed by atoms with Crippen molar-refractivity contribution in [3.63, 3.8) is 0 Å². The number of benzene rings is 3. The number of hydrogen-bond donors (Lipinski definition) is 1. The first-order valence-corrected chi connectivity index (χ1v) is 13.4. The summed E-state index contributed by atoms with van der Waals surface area (Å²) in [5.74, 6) is -1.65. The lowest BCUT2D eigenvalue weighted by atomic mass is 9.83. The van der Waals surface area contributed by atoms with E-state index in [0.717, 1.165) is 11.4 Å². The van der Waals surface area contributed by atoms with Crippen LogP contribution in [-0.4, -0.2) is 51.8 Å². The van der Waals surface area contributed by atoms with E-state index in [1.165, 1.54) is 20.8 Å². The van der Waals surface area contributed by atoms with Gasteiger partial charge < -0.3 is 4.90 Å². The molecule has 0 spiro atoms. The number of anilines is 3. The molecule has 6 rings (SSSR count). The first-order chi connectivity index (χ1) is 19.9. The van der Waals surface area contributed by atoms with Crippen LogP contribution in [0.1, 0.15) is 20.8 Å². The minimum absolute atomic E-state index is 0.137. The van der Waals surface area contributed by atoms with Gasteiger partial charge in [-0.2, -0.15) is 15.3 Å². The molecule has 3 aromatic rings. The summed E-state index contributed by atoms with van der Waals surface area (Å²) in [6.07, 6.45) is -1.25. The molecular formula is C31H29N7O3. The van der Waals surface area contributed by atoms with Crippen LogP contribution in [0, 0.1) is 11.8 Å². The van der Waals surface area contributed by atoms with E-state index in [1.807, 2.05) is 95.9 Å². The average molecular weight is 548 g/mol. The largest absolute Gasteiger partial charge is 0.306 e. The summed E-state index contributed by atoms with van der Waals surface area (Å²) in [5.41, 5.74) is 5.88. The van der Waals surface area contributed by atoms with Gasteiger partial charge in [0.2, 0.25) is 0 Å². The molecule has 1 fully saturated rings. The Morgan fingerprint density at radius 3 is 1.46 bits per heavy atom. The third-order valence-electron chi connectivity index (χ3n) is 7.55. The molecule has 3 aliphatic rings. The molecule has 0 saturated carbocycles. The van der Waals surface area contributed by atoms with Gasteiger partial charge >= 0.3 is 0 Å². The van der Waals surface area contributed by atoms with Crippen LogP contribution < -0.4 is 15.4 Å². The van der Waals surface area contributed by atoms with Gasteiger partial charge in [0.25, 0.3) is 0 Å². The monoisotopic (exact) mass is 547 g/mol. The highest BCUT2D eigenvalue weighted by Crippen LogP contribution is 2.49. The Bertz CT molecular complexity index is 1500. The van der Waals surface area contributed by atoms with Crippen LogP contribution in [0.25, 0.3) is 0 Å². The van der Waals surface area contributed by atoms with Crippen molar-refractivity contribution >= 4 is 51.7 Å². The van der Waals surface area contributed by atoms with Gasteiger partial charge in [-0.3, -0.25) is 19.8 Å². The van der Waals surface area contributed by atoms with E-state index < -0.39 is 24.2 Å². The fraction of sp³-hybridized carbons (Fsp3) is 0.226. The number of amidine groups is 1. The topological polar surface area (TPSA) is 110 Å². The molecule has 10 heteroatoms. The molecule has 206 valence electrons. The fourth-order valence-corrected chi connectivity index (χ4v) is 5.91. The molecule has 1 saturated heterocycles. The SMILES string of the molecule is CC(=O)C1=NN(c2ccccc2)C2C1C1C(C(C)=O)=NN(c3ccccc3)C1N2/C(=N\Nc1ccccc1)C(C)=O. The summed E-state index contributed by atoms with van der Waals surface area (Å²) in [5, 5.41) is 17.7. The van der Waals surface area contributed by atoms with E-state index >= 15 is 0 Å². The number of carbonyl (C=O) groups excluding carboxylic acids is 3. The third kappa shape index (κ3) is 4.47. The number of nitrogens with zero attached hydrogens (tertiary/aromatic N) is 6. The predicted molar refractivity (Wildman–Crippen MR) is 159 cm³/mol. The fourth-order valence-electron chi connectivity index (χ4n) is 5.91. The molecule has 0 bridgehead atoms. The van der Waals surface area contributed by atoms with E-state index in [2.05, 4.69) is 10.5 Å². The summed E-state index contributed by atoms with van der Waals surface area (Å²) < 4.78 is 0. The van der Waals surface area contributed by atoms with Gasteiger partial charge in [0.05, 0.1) is 28.9 Å². The smallest absolute Gasteiger partial charge is 0.196 e.